The largest absolute Gasteiger partial charge is 0.348 e. The maximum atomic E-state index is 6.14. The van der Waals surface area contributed by atoms with E-state index in [0.717, 1.165) is 19.4 Å². The Hall–Kier alpha value is -1.20. The van der Waals surface area contributed by atoms with Gasteiger partial charge in [-0.1, -0.05) is 0 Å². The Kier molecular flexibility index (Phi) is 3.36. The lowest BCUT2D eigenvalue weighted by Crippen LogP contribution is -2.18. The van der Waals surface area contributed by atoms with E-state index < -0.39 is 0 Å². The Bertz CT molecular complexity index is 432. The molecule has 1 aromatic heterocycles. The second-order valence-electron chi connectivity index (χ2n) is 4.51. The molecule has 2 nitrogen and oxygen atoms in total. The highest BCUT2D eigenvalue weighted by Crippen LogP contribution is 2.30. The van der Waals surface area contributed by atoms with Crippen LogP contribution in [-0.4, -0.2) is 4.57 Å². The van der Waals surface area contributed by atoms with Gasteiger partial charge in [-0.2, -0.15) is 0 Å². The second-order valence-corrected chi connectivity index (χ2v) is 4.51. The SMILES string of the molecule is CC#CCCn1c(C)cc2c1CCCC2N. The van der Waals surface area contributed by atoms with Crippen LogP contribution in [0, 0.1) is 18.8 Å². The minimum Gasteiger partial charge on any atom is -0.348 e. The first kappa shape index (κ1) is 11.3. The van der Waals surface area contributed by atoms with Crippen molar-refractivity contribution in [2.24, 2.45) is 5.73 Å². The number of nitrogens with two attached hydrogens (primary N) is 1. The van der Waals surface area contributed by atoms with Gasteiger partial charge in [-0.25, -0.2) is 0 Å². The van der Waals surface area contributed by atoms with E-state index in [1.807, 2.05) is 6.92 Å². The molecule has 0 aromatic carbocycles. The maximum absolute atomic E-state index is 6.14. The Morgan fingerprint density at radius 2 is 2.38 bits per heavy atom. The van der Waals surface area contributed by atoms with Gasteiger partial charge in [0.25, 0.3) is 0 Å². The van der Waals surface area contributed by atoms with Crippen LogP contribution < -0.4 is 5.73 Å². The summed E-state index contributed by atoms with van der Waals surface area (Å²) in [6.07, 6.45) is 4.46. The monoisotopic (exact) mass is 216 g/mol. The van der Waals surface area contributed by atoms with Crippen molar-refractivity contribution in [2.75, 3.05) is 0 Å². The van der Waals surface area contributed by atoms with Crippen molar-refractivity contribution in [3.63, 3.8) is 0 Å². The fraction of sp³-hybridized carbons (Fsp3) is 0.571. The molecule has 2 N–H and O–H groups in total. The zero-order valence-corrected chi connectivity index (χ0v) is 10.2. The van der Waals surface area contributed by atoms with Crippen LogP contribution in [0.25, 0.3) is 0 Å². The van der Waals surface area contributed by atoms with Gasteiger partial charge >= 0.3 is 0 Å². The normalized spacial score (nSPS) is 18.8. The molecule has 0 fully saturated rings. The van der Waals surface area contributed by atoms with Crippen molar-refractivity contribution in [3.8, 4) is 11.8 Å². The van der Waals surface area contributed by atoms with E-state index in [0.29, 0.717) is 0 Å². The summed E-state index contributed by atoms with van der Waals surface area (Å²) in [5, 5.41) is 0. The highest BCUT2D eigenvalue weighted by atomic mass is 15.0. The summed E-state index contributed by atoms with van der Waals surface area (Å²) < 4.78 is 2.40. The molecule has 0 aliphatic heterocycles. The van der Waals surface area contributed by atoms with Crippen LogP contribution in [0.4, 0.5) is 0 Å². The van der Waals surface area contributed by atoms with E-state index in [4.69, 9.17) is 5.73 Å². The lowest BCUT2D eigenvalue weighted by Gasteiger charge is -2.20. The first-order chi connectivity index (χ1) is 7.74. The quantitative estimate of drug-likeness (QED) is 0.757. The Morgan fingerprint density at radius 1 is 1.56 bits per heavy atom. The fourth-order valence-corrected chi connectivity index (χ4v) is 2.60. The number of fused-ring (bicyclic) bond motifs is 1. The minimum absolute atomic E-state index is 0.251. The lowest BCUT2D eigenvalue weighted by molar-refractivity contribution is 0.539. The number of hydrogen-bond donors (Lipinski definition) is 1. The molecule has 0 spiro atoms. The van der Waals surface area contributed by atoms with E-state index in [-0.39, 0.29) is 6.04 Å². The summed E-state index contributed by atoms with van der Waals surface area (Å²) >= 11 is 0. The predicted molar refractivity (Wildman–Crippen MR) is 67.1 cm³/mol. The lowest BCUT2D eigenvalue weighted by atomic mass is 9.93. The van der Waals surface area contributed by atoms with Gasteiger partial charge in [0.2, 0.25) is 0 Å². The minimum atomic E-state index is 0.251. The van der Waals surface area contributed by atoms with Gasteiger partial charge in [-0.05, 0) is 44.7 Å². The number of hydrogen-bond acceptors (Lipinski definition) is 1. The standard InChI is InChI=1S/C14H20N2/c1-3-4-5-9-16-11(2)10-12-13(15)7-6-8-14(12)16/h10,13H,5-9,15H2,1-2H3. The molecular formula is C14H20N2. The predicted octanol–water partition coefficient (Wildman–Crippen LogP) is 2.55. The van der Waals surface area contributed by atoms with Crippen LogP contribution in [0.5, 0.6) is 0 Å². The van der Waals surface area contributed by atoms with Crippen LogP contribution in [0.2, 0.25) is 0 Å². The number of aromatic nitrogens is 1. The van der Waals surface area contributed by atoms with Crippen molar-refractivity contribution in [2.45, 2.75) is 52.1 Å². The van der Waals surface area contributed by atoms with Crippen molar-refractivity contribution in [3.05, 3.63) is 23.0 Å². The molecule has 1 heterocycles. The van der Waals surface area contributed by atoms with Gasteiger partial charge in [0, 0.05) is 30.4 Å². The van der Waals surface area contributed by atoms with Gasteiger partial charge in [0.05, 0.1) is 0 Å². The number of aryl methyl sites for hydroxylation is 1. The molecule has 0 saturated heterocycles. The van der Waals surface area contributed by atoms with Gasteiger partial charge in [-0.15, -0.1) is 11.8 Å². The van der Waals surface area contributed by atoms with Crippen LogP contribution in [-0.2, 0) is 13.0 Å². The zero-order chi connectivity index (χ0) is 11.5. The summed E-state index contributed by atoms with van der Waals surface area (Å²) in [5.74, 6) is 6.08. The van der Waals surface area contributed by atoms with E-state index in [1.54, 1.807) is 0 Å². The van der Waals surface area contributed by atoms with Crippen molar-refractivity contribution in [1.82, 2.24) is 4.57 Å². The fourth-order valence-electron chi connectivity index (χ4n) is 2.60. The van der Waals surface area contributed by atoms with Gasteiger partial charge in [-0.3, -0.25) is 0 Å². The second kappa shape index (κ2) is 4.76. The molecule has 2 rings (SSSR count). The van der Waals surface area contributed by atoms with Crippen molar-refractivity contribution >= 4 is 0 Å². The van der Waals surface area contributed by atoms with Gasteiger partial charge in [0.1, 0.15) is 0 Å². The van der Waals surface area contributed by atoms with Crippen LogP contribution in [0.1, 0.15) is 49.2 Å². The van der Waals surface area contributed by atoms with E-state index in [2.05, 4.69) is 29.4 Å². The number of nitrogens with zero attached hydrogens (tertiary/aromatic N) is 1. The van der Waals surface area contributed by atoms with E-state index >= 15 is 0 Å². The third-order valence-electron chi connectivity index (χ3n) is 3.41. The molecule has 0 amide bonds. The summed E-state index contributed by atoms with van der Waals surface area (Å²) in [6, 6.07) is 2.51. The molecule has 0 bridgehead atoms. The van der Waals surface area contributed by atoms with E-state index in [1.165, 1.54) is 29.8 Å². The van der Waals surface area contributed by atoms with Gasteiger partial charge in [0.15, 0.2) is 0 Å². The molecular weight excluding hydrogens is 196 g/mol. The molecule has 0 saturated carbocycles. The molecule has 2 heteroatoms. The highest BCUT2D eigenvalue weighted by molar-refractivity contribution is 5.32. The third kappa shape index (κ3) is 2.01. The molecule has 0 radical (unpaired) electrons. The Morgan fingerprint density at radius 3 is 3.12 bits per heavy atom. The van der Waals surface area contributed by atoms with E-state index in [9.17, 15) is 0 Å². The van der Waals surface area contributed by atoms with Crippen LogP contribution >= 0.6 is 0 Å². The molecule has 86 valence electrons. The summed E-state index contributed by atoms with van der Waals surface area (Å²) in [7, 11) is 0. The number of rotatable bonds is 2. The Labute approximate surface area is 97.8 Å². The molecule has 1 aromatic rings. The molecule has 1 atom stereocenters. The van der Waals surface area contributed by atoms with Crippen LogP contribution in [0.3, 0.4) is 0 Å². The third-order valence-corrected chi connectivity index (χ3v) is 3.41. The summed E-state index contributed by atoms with van der Waals surface area (Å²) in [4.78, 5) is 0. The average molecular weight is 216 g/mol. The Balaban J connectivity index is 2.26. The molecule has 1 aliphatic rings. The first-order valence-corrected chi connectivity index (χ1v) is 6.08. The zero-order valence-electron chi connectivity index (χ0n) is 10.2. The first-order valence-electron chi connectivity index (χ1n) is 6.08. The summed E-state index contributed by atoms with van der Waals surface area (Å²) in [6.45, 7) is 5.08. The average Bonchev–Trinajstić information content (AvgIpc) is 2.58. The smallest absolute Gasteiger partial charge is 0.0334 e. The summed E-state index contributed by atoms with van der Waals surface area (Å²) in [5.41, 5.74) is 10.3. The molecule has 16 heavy (non-hydrogen) atoms. The van der Waals surface area contributed by atoms with Gasteiger partial charge < -0.3 is 10.3 Å². The van der Waals surface area contributed by atoms with Crippen LogP contribution in [0.15, 0.2) is 6.07 Å². The molecule has 1 aliphatic carbocycles. The topological polar surface area (TPSA) is 30.9 Å². The van der Waals surface area contributed by atoms with Crippen molar-refractivity contribution < 1.29 is 0 Å². The highest BCUT2D eigenvalue weighted by Gasteiger charge is 2.21. The maximum Gasteiger partial charge on any atom is 0.0334 e. The van der Waals surface area contributed by atoms with Crippen molar-refractivity contribution in [1.29, 1.82) is 0 Å². The molecule has 1 unspecified atom stereocenters.